The van der Waals surface area contributed by atoms with E-state index >= 15 is 0 Å². The third-order valence-corrected chi connectivity index (χ3v) is 7.73. The summed E-state index contributed by atoms with van der Waals surface area (Å²) in [5.74, 6) is 1.16. The van der Waals surface area contributed by atoms with Crippen LogP contribution in [0.15, 0.2) is 102 Å². The zero-order chi connectivity index (χ0) is 30.3. The summed E-state index contributed by atoms with van der Waals surface area (Å²) in [6.07, 6.45) is 1.10. The second-order valence-electron chi connectivity index (χ2n) is 9.96. The molecule has 1 atom stereocenters. The van der Waals surface area contributed by atoms with Gasteiger partial charge in [0.2, 0.25) is 0 Å². The Morgan fingerprint density at radius 3 is 2.37 bits per heavy atom. The fourth-order valence-corrected chi connectivity index (χ4v) is 5.55. The van der Waals surface area contributed by atoms with Crippen LogP contribution in [-0.2, 0) is 6.42 Å². The summed E-state index contributed by atoms with van der Waals surface area (Å²) < 4.78 is 7.23. The van der Waals surface area contributed by atoms with E-state index in [0.29, 0.717) is 69.9 Å². The van der Waals surface area contributed by atoms with E-state index in [-0.39, 0.29) is 11.6 Å². The van der Waals surface area contributed by atoms with Crippen molar-refractivity contribution in [2.24, 2.45) is 0 Å². The van der Waals surface area contributed by atoms with Crippen LogP contribution in [0.4, 0.5) is 10.5 Å². The van der Waals surface area contributed by atoms with Crippen LogP contribution >= 0.6 is 23.2 Å². The van der Waals surface area contributed by atoms with Gasteiger partial charge in [0.05, 0.1) is 39.9 Å². The van der Waals surface area contributed by atoms with Gasteiger partial charge >= 0.3 is 6.03 Å². The van der Waals surface area contributed by atoms with Gasteiger partial charge in [0.1, 0.15) is 11.6 Å². The van der Waals surface area contributed by atoms with E-state index < -0.39 is 6.04 Å². The highest BCUT2D eigenvalue weighted by molar-refractivity contribution is 6.36. The molecule has 220 valence electrons. The number of hydrogen-bond acceptors (Lipinski definition) is 4. The van der Waals surface area contributed by atoms with Gasteiger partial charge in [0.15, 0.2) is 0 Å². The maximum Gasteiger partial charge on any atom is 0.322 e. The van der Waals surface area contributed by atoms with Gasteiger partial charge in [-0.2, -0.15) is 0 Å². The van der Waals surface area contributed by atoms with E-state index in [0.717, 1.165) is 5.56 Å². The molecule has 7 nitrogen and oxygen atoms in total. The molecule has 5 rings (SSSR count). The molecule has 0 spiro atoms. The number of carbonyl (C=O) groups is 1. The summed E-state index contributed by atoms with van der Waals surface area (Å²) in [5, 5.41) is 4.24. The predicted octanol–water partition coefficient (Wildman–Crippen LogP) is 8.32. The molecule has 4 aromatic carbocycles. The summed E-state index contributed by atoms with van der Waals surface area (Å²) in [6.45, 7) is 4.79. The first kappa shape index (κ1) is 30.1. The van der Waals surface area contributed by atoms with Crippen molar-refractivity contribution >= 4 is 45.8 Å². The number of ether oxygens (including phenoxy) is 1. The quantitative estimate of drug-likeness (QED) is 0.171. The number of aromatic nitrogens is 2. The second kappa shape index (κ2) is 13.8. The summed E-state index contributed by atoms with van der Waals surface area (Å²) in [7, 11) is 0. The molecule has 0 bridgehead atoms. The van der Waals surface area contributed by atoms with Crippen LogP contribution in [0.2, 0.25) is 10.0 Å². The number of rotatable bonds is 10. The van der Waals surface area contributed by atoms with Crippen LogP contribution in [0.5, 0.6) is 5.75 Å². The van der Waals surface area contributed by atoms with Crippen LogP contribution in [-0.4, -0.2) is 33.6 Å². The predicted molar refractivity (Wildman–Crippen MR) is 174 cm³/mol. The zero-order valence-electron chi connectivity index (χ0n) is 24.0. The molecule has 0 aliphatic heterocycles. The van der Waals surface area contributed by atoms with E-state index in [1.165, 1.54) is 0 Å². The number of halogens is 2. The Morgan fingerprint density at radius 1 is 0.953 bits per heavy atom. The monoisotopic (exact) mass is 614 g/mol. The van der Waals surface area contributed by atoms with Crippen molar-refractivity contribution in [2.75, 3.05) is 18.5 Å². The smallest absolute Gasteiger partial charge is 0.322 e. The van der Waals surface area contributed by atoms with Crippen LogP contribution in [0.25, 0.3) is 16.6 Å². The van der Waals surface area contributed by atoms with Crippen LogP contribution in [0.3, 0.4) is 0 Å². The molecule has 43 heavy (non-hydrogen) atoms. The summed E-state index contributed by atoms with van der Waals surface area (Å²) in [4.78, 5) is 34.8. The summed E-state index contributed by atoms with van der Waals surface area (Å²) >= 11 is 12.5. The van der Waals surface area contributed by atoms with E-state index in [2.05, 4.69) is 5.32 Å². The van der Waals surface area contributed by atoms with Gasteiger partial charge < -0.3 is 15.0 Å². The number of amides is 2. The minimum atomic E-state index is -0.557. The fourth-order valence-electron chi connectivity index (χ4n) is 5.09. The van der Waals surface area contributed by atoms with Gasteiger partial charge in [-0.15, -0.1) is 0 Å². The molecule has 2 amide bonds. The minimum absolute atomic E-state index is 0.215. The minimum Gasteiger partial charge on any atom is -0.494 e. The van der Waals surface area contributed by atoms with Gasteiger partial charge in [0.25, 0.3) is 5.56 Å². The summed E-state index contributed by atoms with van der Waals surface area (Å²) in [6, 6.07) is 28.5. The number of anilines is 1. The van der Waals surface area contributed by atoms with Crippen molar-refractivity contribution in [3.05, 3.63) is 129 Å². The molecule has 0 saturated heterocycles. The molecule has 0 saturated carbocycles. The molecular weight excluding hydrogens is 583 g/mol. The SMILES string of the molecule is CCOc1ccc(-n2c(C(CC)N(CCc3ccccc3)C(=O)Nc3ccc(Cl)cc3Cl)nc3ccccc3c2=O)cc1. The number of carbonyl (C=O) groups excluding carboxylic acids is 1. The largest absolute Gasteiger partial charge is 0.494 e. The zero-order valence-corrected chi connectivity index (χ0v) is 25.5. The lowest BCUT2D eigenvalue weighted by molar-refractivity contribution is 0.182. The molecule has 1 N–H and O–H groups in total. The van der Waals surface area contributed by atoms with E-state index in [9.17, 15) is 9.59 Å². The van der Waals surface area contributed by atoms with Crippen molar-refractivity contribution in [2.45, 2.75) is 32.7 Å². The third kappa shape index (κ3) is 6.85. The molecule has 1 heterocycles. The number of nitrogens with one attached hydrogen (secondary N) is 1. The number of hydrogen-bond donors (Lipinski definition) is 1. The van der Waals surface area contributed by atoms with Gasteiger partial charge in [0, 0.05) is 11.6 Å². The number of benzene rings is 4. The third-order valence-electron chi connectivity index (χ3n) is 7.19. The lowest BCUT2D eigenvalue weighted by Gasteiger charge is -2.32. The number of urea groups is 1. The average Bonchev–Trinajstić information content (AvgIpc) is 3.02. The Kier molecular flexibility index (Phi) is 9.65. The standard InChI is InChI=1S/C34H32Cl2N4O3/c1-3-31(39(21-20-23-10-6-5-7-11-23)34(42)38-30-19-14-24(35)22-28(30)36)32-37-29-13-9-8-12-27(29)33(41)40(32)25-15-17-26(18-16-25)43-4-2/h5-19,22,31H,3-4,20-21H2,1-2H3,(H,38,42). The van der Waals surface area contributed by atoms with Crippen LogP contribution < -0.4 is 15.6 Å². The van der Waals surface area contributed by atoms with Crippen molar-refractivity contribution in [1.29, 1.82) is 0 Å². The van der Waals surface area contributed by atoms with Crippen LogP contribution in [0, 0.1) is 0 Å². The molecule has 0 fully saturated rings. The molecule has 1 unspecified atom stereocenters. The molecule has 5 aromatic rings. The first-order chi connectivity index (χ1) is 20.9. The van der Waals surface area contributed by atoms with Crippen molar-refractivity contribution in [3.63, 3.8) is 0 Å². The van der Waals surface area contributed by atoms with Crippen molar-refractivity contribution < 1.29 is 9.53 Å². The first-order valence-electron chi connectivity index (χ1n) is 14.2. The van der Waals surface area contributed by atoms with Gasteiger partial charge in [-0.1, -0.05) is 72.6 Å². The first-order valence-corrected chi connectivity index (χ1v) is 15.0. The van der Waals surface area contributed by atoms with Crippen molar-refractivity contribution in [3.8, 4) is 11.4 Å². The second-order valence-corrected chi connectivity index (χ2v) is 10.8. The topological polar surface area (TPSA) is 76.5 Å². The fraction of sp³-hybridized carbons (Fsp3) is 0.206. The highest BCUT2D eigenvalue weighted by Crippen LogP contribution is 2.30. The summed E-state index contributed by atoms with van der Waals surface area (Å²) in [5.41, 5.74) is 2.49. The number of para-hydroxylation sites is 1. The molecule has 0 radical (unpaired) electrons. The Labute approximate surface area is 260 Å². The Balaban J connectivity index is 1.63. The van der Waals surface area contributed by atoms with E-state index in [1.54, 1.807) is 33.7 Å². The maximum atomic E-state index is 14.1. The molecule has 1 aromatic heterocycles. The molecule has 0 aliphatic carbocycles. The van der Waals surface area contributed by atoms with Gasteiger partial charge in [-0.3, -0.25) is 9.36 Å². The van der Waals surface area contributed by atoms with E-state index in [4.69, 9.17) is 32.9 Å². The number of fused-ring (bicyclic) bond motifs is 1. The Morgan fingerprint density at radius 2 is 1.67 bits per heavy atom. The molecule has 9 heteroatoms. The lowest BCUT2D eigenvalue weighted by Crippen LogP contribution is -2.42. The van der Waals surface area contributed by atoms with E-state index in [1.807, 2.05) is 86.6 Å². The average molecular weight is 616 g/mol. The van der Waals surface area contributed by atoms with Gasteiger partial charge in [-0.05, 0) is 79.9 Å². The Hall–Kier alpha value is -4.33. The number of nitrogens with zero attached hydrogens (tertiary/aromatic N) is 3. The van der Waals surface area contributed by atoms with Gasteiger partial charge in [-0.25, -0.2) is 9.78 Å². The van der Waals surface area contributed by atoms with Crippen molar-refractivity contribution in [1.82, 2.24) is 14.5 Å². The highest BCUT2D eigenvalue weighted by atomic mass is 35.5. The Bertz CT molecular complexity index is 1780. The lowest BCUT2D eigenvalue weighted by atomic mass is 10.1. The van der Waals surface area contributed by atoms with Crippen LogP contribution in [0.1, 0.15) is 37.7 Å². The molecular formula is C34H32Cl2N4O3. The normalized spacial score (nSPS) is 11.7. The maximum absolute atomic E-state index is 14.1. The highest BCUT2D eigenvalue weighted by Gasteiger charge is 2.29. The molecule has 0 aliphatic rings.